The van der Waals surface area contributed by atoms with Crippen LogP contribution < -0.4 is 19.7 Å². The van der Waals surface area contributed by atoms with Crippen molar-refractivity contribution in [1.82, 2.24) is 24.8 Å². The normalized spacial score (nSPS) is 23.6. The Morgan fingerprint density at radius 2 is 1.97 bits per heavy atom. The number of methoxy groups -OCH3 is 1. The number of ether oxygens (including phenoxy) is 2. The van der Waals surface area contributed by atoms with Gasteiger partial charge in [0, 0.05) is 37.2 Å². The van der Waals surface area contributed by atoms with Crippen LogP contribution in [-0.2, 0) is 0 Å². The predicted molar refractivity (Wildman–Crippen MR) is 128 cm³/mol. The van der Waals surface area contributed by atoms with Crippen LogP contribution in [0, 0.1) is 17.8 Å². The standard InChI is InChI=1S/C24H30F3N7O2/c1-5-15-17-10-33(14-8-19(35-4)31-28-9-14)11-18(17)21(15)29-23-30-22-16(13(2)3)6-7-20(34(22)32-23)36-12-24(25,26)27/h6-9,13,15,17-18,21H,5,10-12H2,1-4H3,(H,29,32)/t15-,17?,18?,21-/m1/s1. The number of nitrogens with zero attached hydrogens (tertiary/aromatic N) is 6. The lowest BCUT2D eigenvalue weighted by Crippen LogP contribution is -2.54. The number of halogens is 3. The summed E-state index contributed by atoms with van der Waals surface area (Å²) in [5.74, 6) is 2.32. The highest BCUT2D eigenvalue weighted by Crippen LogP contribution is 2.49. The number of hydrogen-bond acceptors (Lipinski definition) is 8. The molecule has 1 N–H and O–H groups in total. The van der Waals surface area contributed by atoms with E-state index in [0.29, 0.717) is 35.2 Å². The number of hydrogen-bond donors (Lipinski definition) is 1. The Kier molecular flexibility index (Phi) is 6.29. The summed E-state index contributed by atoms with van der Waals surface area (Å²) in [7, 11) is 1.57. The van der Waals surface area contributed by atoms with Gasteiger partial charge < -0.3 is 19.7 Å². The molecule has 3 aromatic heterocycles. The third-order valence-electron chi connectivity index (χ3n) is 7.33. The predicted octanol–water partition coefficient (Wildman–Crippen LogP) is 4.17. The van der Waals surface area contributed by atoms with Crippen molar-refractivity contribution in [3.63, 3.8) is 0 Å². The zero-order valence-corrected chi connectivity index (χ0v) is 20.7. The van der Waals surface area contributed by atoms with Crippen molar-refractivity contribution in [3.8, 4) is 11.8 Å². The Hall–Kier alpha value is -3.31. The fourth-order valence-electron chi connectivity index (χ4n) is 5.60. The molecular weight excluding hydrogens is 475 g/mol. The summed E-state index contributed by atoms with van der Waals surface area (Å²) in [5, 5.41) is 16.0. The van der Waals surface area contributed by atoms with E-state index >= 15 is 0 Å². The van der Waals surface area contributed by atoms with Crippen molar-refractivity contribution in [2.24, 2.45) is 17.8 Å². The molecule has 0 spiro atoms. The Morgan fingerprint density at radius 1 is 1.19 bits per heavy atom. The van der Waals surface area contributed by atoms with Crippen molar-refractivity contribution in [3.05, 3.63) is 30.0 Å². The molecule has 9 nitrogen and oxygen atoms in total. The Balaban J connectivity index is 1.38. The van der Waals surface area contributed by atoms with Gasteiger partial charge in [0.25, 0.3) is 0 Å². The first kappa shape index (κ1) is 24.4. The van der Waals surface area contributed by atoms with Gasteiger partial charge in [-0.15, -0.1) is 10.2 Å². The maximum Gasteiger partial charge on any atom is 0.422 e. The van der Waals surface area contributed by atoms with Crippen molar-refractivity contribution < 1.29 is 22.6 Å². The van der Waals surface area contributed by atoms with Gasteiger partial charge in [-0.25, -0.2) is 0 Å². The summed E-state index contributed by atoms with van der Waals surface area (Å²) in [6, 6.07) is 5.32. The molecule has 0 aromatic carbocycles. The van der Waals surface area contributed by atoms with E-state index in [9.17, 15) is 13.2 Å². The first-order valence-corrected chi connectivity index (χ1v) is 12.2. The Bertz CT molecular complexity index is 1230. The van der Waals surface area contributed by atoms with Crippen molar-refractivity contribution in [2.45, 2.75) is 45.3 Å². The third-order valence-corrected chi connectivity index (χ3v) is 7.33. The number of nitrogens with one attached hydrogen (secondary N) is 1. The molecule has 1 aliphatic heterocycles. The van der Waals surface area contributed by atoms with Crippen LogP contribution in [0.2, 0.25) is 0 Å². The first-order chi connectivity index (χ1) is 17.2. The second-order valence-electron chi connectivity index (χ2n) is 9.79. The molecule has 2 aliphatic rings. The van der Waals surface area contributed by atoms with Gasteiger partial charge >= 0.3 is 6.18 Å². The van der Waals surface area contributed by atoms with Gasteiger partial charge in [-0.05, 0) is 29.4 Å². The molecule has 194 valence electrons. The molecule has 36 heavy (non-hydrogen) atoms. The van der Waals surface area contributed by atoms with Crippen LogP contribution >= 0.6 is 0 Å². The van der Waals surface area contributed by atoms with E-state index in [0.717, 1.165) is 30.8 Å². The minimum Gasteiger partial charge on any atom is -0.480 e. The molecule has 0 amide bonds. The van der Waals surface area contributed by atoms with Crippen LogP contribution in [0.1, 0.15) is 38.7 Å². The lowest BCUT2D eigenvalue weighted by atomic mass is 9.61. The number of aromatic nitrogens is 5. The molecule has 3 aromatic rings. The molecular formula is C24H30F3N7O2. The van der Waals surface area contributed by atoms with Gasteiger partial charge in [-0.1, -0.05) is 27.2 Å². The van der Waals surface area contributed by atoms with Crippen LogP contribution in [-0.4, -0.2) is 63.8 Å². The van der Waals surface area contributed by atoms with Crippen LogP contribution in [0.3, 0.4) is 0 Å². The van der Waals surface area contributed by atoms with Crippen LogP contribution in [0.25, 0.3) is 5.65 Å². The van der Waals surface area contributed by atoms with E-state index in [4.69, 9.17) is 9.47 Å². The molecule has 1 saturated carbocycles. The molecule has 4 atom stereocenters. The van der Waals surface area contributed by atoms with Gasteiger partial charge in [0.2, 0.25) is 17.7 Å². The van der Waals surface area contributed by atoms with Crippen molar-refractivity contribution in [2.75, 3.05) is 37.0 Å². The highest BCUT2D eigenvalue weighted by Gasteiger charge is 2.54. The van der Waals surface area contributed by atoms with E-state index in [1.165, 1.54) is 10.6 Å². The average Bonchev–Trinajstić information content (AvgIpc) is 3.43. The zero-order chi connectivity index (χ0) is 25.6. The molecule has 5 rings (SSSR count). The van der Waals surface area contributed by atoms with Gasteiger partial charge in [0.1, 0.15) is 0 Å². The SMILES string of the molecule is CC[C@@H]1C2CN(c3cnnc(OC)c3)CC2[C@@H]1Nc1nc2c(C(C)C)ccc(OCC(F)(F)F)n2n1. The lowest BCUT2D eigenvalue weighted by Gasteiger charge is -2.47. The third kappa shape index (κ3) is 4.48. The summed E-state index contributed by atoms with van der Waals surface area (Å²) < 4.78 is 50.0. The largest absolute Gasteiger partial charge is 0.480 e. The summed E-state index contributed by atoms with van der Waals surface area (Å²) in [6.45, 7) is 6.56. The number of rotatable bonds is 8. The quantitative estimate of drug-likeness (QED) is 0.488. The molecule has 12 heteroatoms. The number of anilines is 2. The Morgan fingerprint density at radius 3 is 2.67 bits per heavy atom. The van der Waals surface area contributed by atoms with Crippen LogP contribution in [0.4, 0.5) is 24.8 Å². The minimum atomic E-state index is -4.44. The van der Waals surface area contributed by atoms with E-state index in [-0.39, 0.29) is 17.8 Å². The second-order valence-corrected chi connectivity index (χ2v) is 9.79. The second kappa shape index (κ2) is 9.29. The summed E-state index contributed by atoms with van der Waals surface area (Å²) in [6.07, 6.45) is -1.70. The lowest BCUT2D eigenvalue weighted by molar-refractivity contribution is -0.154. The average molecular weight is 506 g/mol. The zero-order valence-electron chi connectivity index (χ0n) is 20.7. The Labute approximate surface area is 207 Å². The molecule has 2 fully saturated rings. The van der Waals surface area contributed by atoms with Gasteiger partial charge in [-0.3, -0.25) is 0 Å². The highest BCUT2D eigenvalue weighted by molar-refractivity contribution is 5.55. The fourth-order valence-corrected chi connectivity index (χ4v) is 5.60. The van der Waals surface area contributed by atoms with E-state index in [1.807, 2.05) is 19.9 Å². The molecule has 2 unspecified atom stereocenters. The number of pyridine rings is 1. The minimum absolute atomic E-state index is 0.0111. The summed E-state index contributed by atoms with van der Waals surface area (Å²) >= 11 is 0. The highest BCUT2D eigenvalue weighted by atomic mass is 19.4. The molecule has 1 aliphatic carbocycles. The fraction of sp³-hybridized carbons (Fsp3) is 0.583. The van der Waals surface area contributed by atoms with E-state index in [2.05, 4.69) is 37.4 Å². The van der Waals surface area contributed by atoms with Crippen LogP contribution in [0.15, 0.2) is 24.4 Å². The number of fused-ring (bicyclic) bond motifs is 2. The molecule has 0 radical (unpaired) electrons. The van der Waals surface area contributed by atoms with Crippen LogP contribution in [0.5, 0.6) is 11.8 Å². The van der Waals surface area contributed by atoms with Crippen molar-refractivity contribution >= 4 is 17.3 Å². The maximum absolute atomic E-state index is 12.8. The van der Waals surface area contributed by atoms with E-state index < -0.39 is 12.8 Å². The number of alkyl halides is 3. The topological polar surface area (TPSA) is 89.7 Å². The first-order valence-electron chi connectivity index (χ1n) is 12.2. The molecule has 4 heterocycles. The summed E-state index contributed by atoms with van der Waals surface area (Å²) in [5.41, 5.74) is 2.36. The van der Waals surface area contributed by atoms with Gasteiger partial charge in [0.15, 0.2) is 12.3 Å². The molecule has 0 bridgehead atoms. The van der Waals surface area contributed by atoms with Crippen molar-refractivity contribution in [1.29, 1.82) is 0 Å². The maximum atomic E-state index is 12.8. The summed E-state index contributed by atoms with van der Waals surface area (Å²) in [4.78, 5) is 6.97. The van der Waals surface area contributed by atoms with E-state index in [1.54, 1.807) is 19.4 Å². The molecule has 1 saturated heterocycles. The van der Waals surface area contributed by atoms with Gasteiger partial charge in [0.05, 0.1) is 19.0 Å². The van der Waals surface area contributed by atoms with Gasteiger partial charge in [-0.2, -0.15) is 27.8 Å². The monoisotopic (exact) mass is 505 g/mol. The smallest absolute Gasteiger partial charge is 0.422 e.